The molecule has 0 amide bonds. The molecule has 0 aliphatic rings. The van der Waals surface area contributed by atoms with E-state index in [1.807, 2.05) is 0 Å². The number of rotatable bonds is 13. The van der Waals surface area contributed by atoms with Crippen molar-refractivity contribution in [2.75, 3.05) is 19.8 Å². The van der Waals surface area contributed by atoms with Gasteiger partial charge in [-0.15, -0.1) is 0 Å². The zero-order valence-corrected chi connectivity index (χ0v) is 14.2. The summed E-state index contributed by atoms with van der Waals surface area (Å²) in [5, 5.41) is 0. The van der Waals surface area contributed by atoms with Crippen LogP contribution in [0.5, 0.6) is 0 Å². The fourth-order valence-corrected chi connectivity index (χ4v) is 1.36. The Labute approximate surface area is 126 Å². The molecule has 0 aromatic rings. The van der Waals surface area contributed by atoms with Crippen LogP contribution >= 0.6 is 0 Å². The van der Waals surface area contributed by atoms with E-state index >= 15 is 0 Å². The predicted octanol–water partition coefficient (Wildman–Crippen LogP) is 4.00. The number of unbranched alkanes of at least 4 members (excludes halogenated alkanes) is 3. The van der Waals surface area contributed by atoms with Crippen molar-refractivity contribution < 1.29 is 9.57 Å². The first-order valence-electron chi connectivity index (χ1n) is 8.44. The molecule has 0 spiro atoms. The van der Waals surface area contributed by atoms with E-state index in [4.69, 9.17) is 15.3 Å². The van der Waals surface area contributed by atoms with E-state index in [0.29, 0.717) is 0 Å². The second-order valence-corrected chi connectivity index (χ2v) is 5.00. The summed E-state index contributed by atoms with van der Waals surface area (Å²) in [4.78, 5) is 5.13. The molecule has 0 aliphatic carbocycles. The van der Waals surface area contributed by atoms with E-state index in [1.165, 1.54) is 25.7 Å². The molecule has 20 heavy (non-hydrogen) atoms. The van der Waals surface area contributed by atoms with E-state index in [-0.39, 0.29) is 6.23 Å². The molecule has 0 aromatic carbocycles. The quantitative estimate of drug-likeness (QED) is 0.306. The Balaban J connectivity index is 0. The van der Waals surface area contributed by atoms with Gasteiger partial charge < -0.3 is 15.3 Å². The minimum atomic E-state index is -0.0310. The Morgan fingerprint density at radius 3 is 2.00 bits per heavy atom. The summed E-state index contributed by atoms with van der Waals surface area (Å²) in [6, 6.07) is 0. The summed E-state index contributed by atoms with van der Waals surface area (Å²) < 4.78 is 5.30. The average Bonchev–Trinajstić information content (AvgIpc) is 2.44. The SMILES string of the molecule is CCCCNOCCCC.CCCCOC(N)CCC. The van der Waals surface area contributed by atoms with Gasteiger partial charge in [0.15, 0.2) is 0 Å². The van der Waals surface area contributed by atoms with Gasteiger partial charge in [0.2, 0.25) is 0 Å². The molecule has 1 atom stereocenters. The monoisotopic (exact) mass is 290 g/mol. The molecule has 124 valence electrons. The van der Waals surface area contributed by atoms with E-state index < -0.39 is 0 Å². The third-order valence-corrected chi connectivity index (χ3v) is 2.74. The Morgan fingerprint density at radius 2 is 1.45 bits per heavy atom. The molecule has 0 bridgehead atoms. The molecule has 4 nitrogen and oxygen atoms in total. The number of hydrogen-bond donors (Lipinski definition) is 2. The van der Waals surface area contributed by atoms with Crippen molar-refractivity contribution in [1.29, 1.82) is 0 Å². The minimum Gasteiger partial charge on any atom is -0.364 e. The van der Waals surface area contributed by atoms with E-state index in [1.54, 1.807) is 0 Å². The molecule has 0 heterocycles. The average molecular weight is 290 g/mol. The number of ether oxygens (including phenoxy) is 1. The molecule has 0 saturated heterocycles. The first-order valence-corrected chi connectivity index (χ1v) is 8.44. The predicted molar refractivity (Wildman–Crippen MR) is 87.5 cm³/mol. The van der Waals surface area contributed by atoms with Gasteiger partial charge in [-0.1, -0.05) is 53.4 Å². The highest BCUT2D eigenvalue weighted by molar-refractivity contribution is 4.45. The van der Waals surface area contributed by atoms with Crippen molar-refractivity contribution in [3.8, 4) is 0 Å². The van der Waals surface area contributed by atoms with Crippen LogP contribution in [0.25, 0.3) is 0 Å². The van der Waals surface area contributed by atoms with Crippen molar-refractivity contribution in [3.63, 3.8) is 0 Å². The molecule has 0 rings (SSSR count). The van der Waals surface area contributed by atoms with Gasteiger partial charge in [0.1, 0.15) is 6.23 Å². The van der Waals surface area contributed by atoms with Gasteiger partial charge >= 0.3 is 0 Å². The van der Waals surface area contributed by atoms with E-state index in [2.05, 4.69) is 33.2 Å². The fraction of sp³-hybridized carbons (Fsp3) is 1.00. The first kappa shape index (κ1) is 22.1. The number of hydroxylamine groups is 1. The first-order chi connectivity index (χ1) is 9.72. The van der Waals surface area contributed by atoms with Crippen LogP contribution in [-0.4, -0.2) is 26.0 Å². The molecule has 0 radical (unpaired) electrons. The van der Waals surface area contributed by atoms with E-state index in [9.17, 15) is 0 Å². The maximum absolute atomic E-state index is 5.60. The lowest BCUT2D eigenvalue weighted by Gasteiger charge is -2.10. The summed E-state index contributed by atoms with van der Waals surface area (Å²) in [6.07, 6.45) is 9.13. The zero-order chi connectivity index (χ0) is 15.5. The second-order valence-electron chi connectivity index (χ2n) is 5.00. The molecule has 4 heteroatoms. The maximum Gasteiger partial charge on any atom is 0.105 e. The lowest BCUT2D eigenvalue weighted by Crippen LogP contribution is -2.23. The van der Waals surface area contributed by atoms with Gasteiger partial charge in [0, 0.05) is 13.2 Å². The Kier molecular flexibility index (Phi) is 23.4. The standard InChI is InChI=1S/2C8H19NO/c1-3-5-7-10-8(9)6-4-2;1-3-5-7-9-10-8-6-4-2/h8H,3-7,9H2,1-2H3;9H,3-8H2,1-2H3. The van der Waals surface area contributed by atoms with Crippen molar-refractivity contribution in [1.82, 2.24) is 5.48 Å². The molecule has 1 unspecified atom stereocenters. The smallest absolute Gasteiger partial charge is 0.105 e. The number of hydrogen-bond acceptors (Lipinski definition) is 4. The Morgan fingerprint density at radius 1 is 0.850 bits per heavy atom. The topological polar surface area (TPSA) is 56.5 Å². The Hall–Kier alpha value is -0.160. The van der Waals surface area contributed by atoms with Gasteiger partial charge in [0.05, 0.1) is 6.61 Å². The van der Waals surface area contributed by atoms with Gasteiger partial charge in [-0.05, 0) is 25.7 Å². The largest absolute Gasteiger partial charge is 0.364 e. The van der Waals surface area contributed by atoms with Crippen molar-refractivity contribution in [2.24, 2.45) is 5.73 Å². The molecular formula is C16H38N2O2. The van der Waals surface area contributed by atoms with Crippen LogP contribution in [0.4, 0.5) is 0 Å². The zero-order valence-electron chi connectivity index (χ0n) is 14.2. The van der Waals surface area contributed by atoms with Crippen LogP contribution in [0.1, 0.15) is 79.1 Å². The van der Waals surface area contributed by atoms with Gasteiger partial charge in [-0.3, -0.25) is 0 Å². The molecule has 0 saturated carbocycles. The van der Waals surface area contributed by atoms with Gasteiger partial charge in [-0.2, -0.15) is 0 Å². The van der Waals surface area contributed by atoms with Crippen molar-refractivity contribution >= 4 is 0 Å². The lowest BCUT2D eigenvalue weighted by atomic mass is 10.3. The summed E-state index contributed by atoms with van der Waals surface area (Å²) in [6.45, 7) is 11.2. The van der Waals surface area contributed by atoms with Crippen LogP contribution in [0.15, 0.2) is 0 Å². The highest BCUT2D eigenvalue weighted by Gasteiger charge is 1.98. The van der Waals surface area contributed by atoms with Crippen LogP contribution in [0.3, 0.4) is 0 Å². The maximum atomic E-state index is 5.60. The van der Waals surface area contributed by atoms with Crippen LogP contribution in [0.2, 0.25) is 0 Å². The second kappa shape index (κ2) is 21.1. The van der Waals surface area contributed by atoms with Crippen molar-refractivity contribution in [3.05, 3.63) is 0 Å². The molecule has 0 fully saturated rings. The fourth-order valence-electron chi connectivity index (χ4n) is 1.36. The van der Waals surface area contributed by atoms with Gasteiger partial charge in [-0.25, -0.2) is 5.48 Å². The third-order valence-electron chi connectivity index (χ3n) is 2.74. The number of nitrogens with one attached hydrogen (secondary N) is 1. The molecular weight excluding hydrogens is 252 g/mol. The summed E-state index contributed by atoms with van der Waals surface area (Å²) in [7, 11) is 0. The highest BCUT2D eigenvalue weighted by atomic mass is 16.6. The summed E-state index contributed by atoms with van der Waals surface area (Å²) in [5.41, 5.74) is 8.52. The van der Waals surface area contributed by atoms with Crippen LogP contribution in [0, 0.1) is 0 Å². The van der Waals surface area contributed by atoms with Gasteiger partial charge in [0.25, 0.3) is 0 Å². The highest BCUT2D eigenvalue weighted by Crippen LogP contribution is 1.96. The third kappa shape index (κ3) is 23.0. The summed E-state index contributed by atoms with van der Waals surface area (Å²) in [5.74, 6) is 0. The minimum absolute atomic E-state index is 0.0310. The molecule has 0 aliphatic heterocycles. The summed E-state index contributed by atoms with van der Waals surface area (Å²) >= 11 is 0. The van der Waals surface area contributed by atoms with E-state index in [0.717, 1.165) is 45.4 Å². The number of nitrogens with two attached hydrogens (primary N) is 1. The molecule has 0 aromatic heterocycles. The van der Waals surface area contributed by atoms with Crippen molar-refractivity contribution in [2.45, 2.75) is 85.3 Å². The Bertz CT molecular complexity index is 149. The molecule has 3 N–H and O–H groups in total. The lowest BCUT2D eigenvalue weighted by molar-refractivity contribution is 0.0387. The van der Waals surface area contributed by atoms with Crippen LogP contribution < -0.4 is 11.2 Å². The normalized spacial score (nSPS) is 11.8. The van der Waals surface area contributed by atoms with Crippen LogP contribution in [-0.2, 0) is 9.57 Å².